The minimum Gasteiger partial charge on any atom is -0.462 e. The summed E-state index contributed by atoms with van der Waals surface area (Å²) < 4.78 is 11.9. The number of rotatable bonds is 25. The van der Waals surface area contributed by atoms with Gasteiger partial charge in [-0.25, -0.2) is 15.0 Å². The van der Waals surface area contributed by atoms with Crippen LogP contribution in [0.25, 0.3) is 11.1 Å². The molecule has 0 aliphatic heterocycles. The SMILES string of the molecule is CCCCN(CCCC)CCCOC(=O)c1ccc2c(c1)C(=NNC(=O)C[N+](C)(C)C)c1cc(C(=O)OCCCN(CCCC)CCCC)ccc1-2. The van der Waals surface area contributed by atoms with E-state index in [-0.39, 0.29) is 12.5 Å². The molecule has 0 radical (unpaired) electrons. The lowest BCUT2D eigenvalue weighted by molar-refractivity contribution is -0.862. The van der Waals surface area contributed by atoms with Crippen molar-refractivity contribution in [2.75, 3.05) is 80.2 Å². The average Bonchev–Trinajstić information content (AvgIpc) is 3.43. The molecule has 3 rings (SSSR count). The molecule has 1 amide bonds. The number of fused-ring (bicyclic) bond motifs is 3. The van der Waals surface area contributed by atoms with Gasteiger partial charge in [0.05, 0.1) is 51.2 Å². The van der Waals surface area contributed by atoms with Crippen molar-refractivity contribution in [1.82, 2.24) is 15.2 Å². The zero-order chi connectivity index (χ0) is 37.9. The minimum atomic E-state index is -0.395. The highest BCUT2D eigenvalue weighted by atomic mass is 16.5. The summed E-state index contributed by atoms with van der Waals surface area (Å²) in [6.45, 7) is 15.8. The third-order valence-corrected chi connectivity index (χ3v) is 9.24. The van der Waals surface area contributed by atoms with Crippen LogP contribution < -0.4 is 5.43 Å². The number of likely N-dealkylation sites (N-methyl/N-ethyl adjacent to an activating group) is 1. The Balaban J connectivity index is 1.75. The van der Waals surface area contributed by atoms with E-state index in [0.717, 1.165) is 88.9 Å². The molecule has 10 heteroatoms. The number of carbonyl (C=O) groups excluding carboxylic acids is 3. The zero-order valence-electron chi connectivity index (χ0n) is 33.2. The van der Waals surface area contributed by atoms with Gasteiger partial charge in [-0.15, -0.1) is 0 Å². The highest BCUT2D eigenvalue weighted by molar-refractivity contribution is 6.25. The van der Waals surface area contributed by atoms with E-state index >= 15 is 0 Å². The number of benzene rings is 2. The van der Waals surface area contributed by atoms with Gasteiger partial charge in [0.2, 0.25) is 0 Å². The van der Waals surface area contributed by atoms with E-state index in [0.29, 0.717) is 45.7 Å². The minimum absolute atomic E-state index is 0.234. The van der Waals surface area contributed by atoms with Gasteiger partial charge in [-0.1, -0.05) is 65.5 Å². The van der Waals surface area contributed by atoms with Crippen molar-refractivity contribution in [2.45, 2.75) is 91.9 Å². The van der Waals surface area contributed by atoms with Gasteiger partial charge in [-0.3, -0.25) is 4.79 Å². The zero-order valence-corrected chi connectivity index (χ0v) is 33.2. The molecule has 0 aromatic heterocycles. The van der Waals surface area contributed by atoms with Gasteiger partial charge >= 0.3 is 11.9 Å². The molecular weight excluding hydrogens is 654 g/mol. The van der Waals surface area contributed by atoms with E-state index in [9.17, 15) is 14.4 Å². The summed E-state index contributed by atoms with van der Waals surface area (Å²) in [5, 5.41) is 4.57. The first-order chi connectivity index (χ1) is 25.0. The Morgan fingerprint density at radius 1 is 0.596 bits per heavy atom. The second-order valence-electron chi connectivity index (χ2n) is 15.0. The fourth-order valence-electron chi connectivity index (χ4n) is 6.32. The molecule has 0 saturated carbocycles. The van der Waals surface area contributed by atoms with Crippen molar-refractivity contribution in [3.8, 4) is 11.1 Å². The molecule has 0 heterocycles. The summed E-state index contributed by atoms with van der Waals surface area (Å²) in [5.74, 6) is -1.03. The molecule has 1 aliphatic rings. The number of hydrogen-bond acceptors (Lipinski definition) is 8. The molecule has 0 unspecified atom stereocenters. The first-order valence-corrected chi connectivity index (χ1v) is 19.8. The maximum Gasteiger partial charge on any atom is 0.338 e. The van der Waals surface area contributed by atoms with Gasteiger partial charge in [0.1, 0.15) is 0 Å². The number of hydrazone groups is 1. The van der Waals surface area contributed by atoms with Crippen molar-refractivity contribution in [3.63, 3.8) is 0 Å². The summed E-state index contributed by atoms with van der Waals surface area (Å²) in [5.41, 5.74) is 7.17. The molecule has 0 bridgehead atoms. The second kappa shape index (κ2) is 22.5. The van der Waals surface area contributed by atoms with Crippen LogP contribution in [0.3, 0.4) is 0 Å². The number of amides is 1. The first-order valence-electron chi connectivity index (χ1n) is 19.8. The molecule has 52 heavy (non-hydrogen) atoms. The summed E-state index contributed by atoms with van der Waals surface area (Å²) >= 11 is 0. The average molecular weight is 721 g/mol. The quantitative estimate of drug-likeness (QED) is 0.0430. The molecule has 2 aromatic carbocycles. The molecule has 1 N–H and O–H groups in total. The summed E-state index contributed by atoms with van der Waals surface area (Å²) in [6, 6.07) is 10.9. The first kappa shape index (κ1) is 42.8. The van der Waals surface area contributed by atoms with E-state index in [1.165, 1.54) is 25.7 Å². The predicted molar refractivity (Wildman–Crippen MR) is 211 cm³/mol. The molecule has 1 aliphatic carbocycles. The van der Waals surface area contributed by atoms with E-state index in [2.05, 4.69) is 48.0 Å². The van der Waals surface area contributed by atoms with Crippen LogP contribution in [0.15, 0.2) is 41.5 Å². The number of ether oxygens (including phenoxy) is 2. The lowest BCUT2D eigenvalue weighted by Crippen LogP contribution is -2.43. The number of quaternary nitrogens is 1. The van der Waals surface area contributed by atoms with Crippen LogP contribution in [0, 0.1) is 0 Å². The topological polar surface area (TPSA) is 101 Å². The van der Waals surface area contributed by atoms with Crippen LogP contribution >= 0.6 is 0 Å². The highest BCUT2D eigenvalue weighted by Gasteiger charge is 2.28. The van der Waals surface area contributed by atoms with Gasteiger partial charge in [-0.2, -0.15) is 5.10 Å². The number of hydrogen-bond donors (Lipinski definition) is 1. The lowest BCUT2D eigenvalue weighted by atomic mass is 10.0. The Morgan fingerprint density at radius 2 is 0.981 bits per heavy atom. The van der Waals surface area contributed by atoms with Crippen LogP contribution in [0.2, 0.25) is 0 Å². The number of unbranched alkanes of at least 4 members (excludes halogenated alkanes) is 4. The van der Waals surface area contributed by atoms with Gasteiger partial charge in [0, 0.05) is 24.2 Å². The Hall–Kier alpha value is -3.60. The Labute approximate surface area is 313 Å². The smallest absolute Gasteiger partial charge is 0.338 e. The standard InChI is InChI=1S/C42H65N5O5/c1-8-12-22-45(23-13-9-2)26-16-28-51-41(49)33-18-20-35-36-21-19-34(42(50)52-29-17-27-46(24-14-10-3)25-15-11-4)31-38(36)40(37(35)30-33)44-43-39(48)32-47(5,6)7/h18-21,30-31H,8-17,22-29,32H2,1-7H3/p+1. The van der Waals surface area contributed by atoms with Crippen LogP contribution in [0.5, 0.6) is 0 Å². The monoisotopic (exact) mass is 721 g/mol. The number of esters is 2. The third-order valence-electron chi connectivity index (χ3n) is 9.24. The normalized spacial score (nSPS) is 12.2. The van der Waals surface area contributed by atoms with Crippen LogP contribution in [-0.2, 0) is 14.3 Å². The van der Waals surface area contributed by atoms with E-state index < -0.39 is 11.9 Å². The Bertz CT molecular complexity index is 1360. The predicted octanol–water partition coefficient (Wildman–Crippen LogP) is 7.14. The van der Waals surface area contributed by atoms with Crippen LogP contribution in [0.1, 0.15) is 124 Å². The maximum atomic E-state index is 13.2. The Morgan fingerprint density at radius 3 is 1.35 bits per heavy atom. The van der Waals surface area contributed by atoms with Crippen LogP contribution in [-0.4, -0.2) is 118 Å². The summed E-state index contributed by atoms with van der Waals surface area (Å²) in [6.07, 6.45) is 10.9. The highest BCUT2D eigenvalue weighted by Crippen LogP contribution is 2.38. The molecule has 2 aromatic rings. The summed E-state index contributed by atoms with van der Waals surface area (Å²) in [4.78, 5) is 44.2. The fraction of sp³-hybridized carbons (Fsp3) is 0.619. The largest absolute Gasteiger partial charge is 0.462 e. The Kier molecular flexibility index (Phi) is 18.5. The fourth-order valence-corrected chi connectivity index (χ4v) is 6.32. The van der Waals surface area contributed by atoms with Gasteiger partial charge in [0.25, 0.3) is 5.91 Å². The van der Waals surface area contributed by atoms with Crippen molar-refractivity contribution in [3.05, 3.63) is 58.7 Å². The molecule has 10 nitrogen and oxygen atoms in total. The third kappa shape index (κ3) is 14.1. The number of nitrogens with zero attached hydrogens (tertiary/aromatic N) is 4. The number of nitrogens with one attached hydrogen (secondary N) is 1. The van der Waals surface area contributed by atoms with Crippen molar-refractivity contribution in [2.24, 2.45) is 5.10 Å². The van der Waals surface area contributed by atoms with Crippen LogP contribution in [0.4, 0.5) is 0 Å². The maximum absolute atomic E-state index is 13.2. The van der Waals surface area contributed by atoms with E-state index in [1.807, 2.05) is 33.3 Å². The van der Waals surface area contributed by atoms with Crippen molar-refractivity contribution < 1.29 is 28.3 Å². The van der Waals surface area contributed by atoms with E-state index in [4.69, 9.17) is 9.47 Å². The molecule has 0 atom stereocenters. The van der Waals surface area contributed by atoms with Gasteiger partial charge < -0.3 is 23.8 Å². The molecule has 0 spiro atoms. The molecular formula is C42H66N5O5+. The van der Waals surface area contributed by atoms with E-state index in [1.54, 1.807) is 24.3 Å². The van der Waals surface area contributed by atoms with Crippen molar-refractivity contribution in [1.29, 1.82) is 0 Å². The molecule has 0 saturated heterocycles. The lowest BCUT2D eigenvalue weighted by Gasteiger charge is -2.22. The summed E-state index contributed by atoms with van der Waals surface area (Å²) in [7, 11) is 5.81. The number of carbonyl (C=O) groups is 3. The molecule has 0 fully saturated rings. The molecule has 288 valence electrons. The van der Waals surface area contributed by atoms with Crippen molar-refractivity contribution >= 4 is 23.6 Å². The second-order valence-corrected chi connectivity index (χ2v) is 15.0. The van der Waals surface area contributed by atoms with Gasteiger partial charge in [0.15, 0.2) is 6.54 Å². The van der Waals surface area contributed by atoms with Gasteiger partial charge in [-0.05, 0) is 100 Å².